The van der Waals surface area contributed by atoms with Crippen molar-refractivity contribution in [3.63, 3.8) is 0 Å². The molecule has 3 atom stereocenters. The van der Waals surface area contributed by atoms with E-state index in [0.717, 1.165) is 16.7 Å². The lowest BCUT2D eigenvalue weighted by molar-refractivity contribution is 0.140. The van der Waals surface area contributed by atoms with Gasteiger partial charge in [-0.05, 0) is 17.2 Å². The highest BCUT2D eigenvalue weighted by molar-refractivity contribution is 8.77. The molecule has 0 bridgehead atoms. The Kier molecular flexibility index (Phi) is 4.09. The van der Waals surface area contributed by atoms with E-state index < -0.39 is 9.87 Å². The number of benzene rings is 1. The molecule has 24 heavy (non-hydrogen) atoms. The van der Waals surface area contributed by atoms with E-state index >= 15 is 0 Å². The van der Waals surface area contributed by atoms with Crippen LogP contribution in [0.1, 0.15) is 17.5 Å². The van der Waals surface area contributed by atoms with E-state index in [1.54, 1.807) is 0 Å². The Balaban J connectivity index is 1.58. The predicted molar refractivity (Wildman–Crippen MR) is 103 cm³/mol. The van der Waals surface area contributed by atoms with E-state index in [2.05, 4.69) is 0 Å². The van der Waals surface area contributed by atoms with Gasteiger partial charge in [0.05, 0.1) is 0 Å². The second kappa shape index (κ2) is 6.12. The van der Waals surface area contributed by atoms with Crippen LogP contribution in [-0.4, -0.2) is 15.1 Å². The Morgan fingerprint density at radius 3 is 2.79 bits per heavy atom. The van der Waals surface area contributed by atoms with Crippen LogP contribution in [0.4, 0.5) is 0 Å². The highest BCUT2D eigenvalue weighted by Crippen LogP contribution is 2.55. The second-order valence-corrected chi connectivity index (χ2v) is 8.81. The van der Waals surface area contributed by atoms with Crippen LogP contribution in [0.15, 0.2) is 78.4 Å². The smallest absolute Gasteiger partial charge is 0.149 e. The van der Waals surface area contributed by atoms with Crippen molar-refractivity contribution in [3.8, 4) is 0 Å². The molecule has 0 saturated heterocycles. The molecule has 1 aromatic carbocycles. The first-order chi connectivity index (χ1) is 11.6. The summed E-state index contributed by atoms with van der Waals surface area (Å²) in [5.74, 6) is -0.0945. The maximum atomic E-state index is 11.2. The first kappa shape index (κ1) is 16.0. The second-order valence-electron chi connectivity index (χ2n) is 6.14. The fourth-order valence-electron chi connectivity index (χ4n) is 3.24. The van der Waals surface area contributed by atoms with Gasteiger partial charge in [0.1, 0.15) is 9.87 Å². The number of hydrogen-bond donors (Lipinski definition) is 2. The van der Waals surface area contributed by atoms with Crippen molar-refractivity contribution < 1.29 is 10.2 Å². The lowest BCUT2D eigenvalue weighted by Gasteiger charge is -2.38. The van der Waals surface area contributed by atoms with E-state index in [1.165, 1.54) is 21.6 Å². The molecular weight excluding hydrogens is 336 g/mol. The highest BCUT2D eigenvalue weighted by atomic mass is 33.1. The van der Waals surface area contributed by atoms with Crippen LogP contribution in [0.25, 0.3) is 6.08 Å². The van der Waals surface area contributed by atoms with Crippen molar-refractivity contribution in [2.75, 3.05) is 0 Å². The molecule has 3 aliphatic rings. The standard InChI is InChI=1S/C20H18O2S2/c21-19(13-5-9-15-7-1-3-11-17(15)19)23-24-20(22)14-6-10-16-8-2-4-12-18(16)20/h1-13,17,21-22H,14H2. The summed E-state index contributed by atoms with van der Waals surface area (Å²) in [6, 6.07) is 7.88. The van der Waals surface area contributed by atoms with Crippen molar-refractivity contribution in [2.45, 2.75) is 16.3 Å². The van der Waals surface area contributed by atoms with Gasteiger partial charge in [0.2, 0.25) is 0 Å². The number of hydrogen-bond acceptors (Lipinski definition) is 4. The molecule has 3 unspecified atom stereocenters. The van der Waals surface area contributed by atoms with Crippen LogP contribution in [0.2, 0.25) is 0 Å². The van der Waals surface area contributed by atoms with Gasteiger partial charge in [-0.3, -0.25) is 0 Å². The van der Waals surface area contributed by atoms with Crippen molar-refractivity contribution in [1.29, 1.82) is 0 Å². The highest BCUT2D eigenvalue weighted by Gasteiger charge is 2.42. The summed E-state index contributed by atoms with van der Waals surface area (Å²) in [5, 5.41) is 22.3. The summed E-state index contributed by atoms with van der Waals surface area (Å²) < 4.78 is 0. The minimum atomic E-state index is -1.07. The zero-order valence-corrected chi connectivity index (χ0v) is 14.6. The third-order valence-electron chi connectivity index (χ3n) is 4.52. The first-order valence-corrected chi connectivity index (χ1v) is 10.1. The molecule has 0 aromatic heterocycles. The van der Waals surface area contributed by atoms with Crippen LogP contribution in [0.3, 0.4) is 0 Å². The van der Waals surface area contributed by atoms with Crippen LogP contribution < -0.4 is 0 Å². The van der Waals surface area contributed by atoms with E-state index in [0.29, 0.717) is 6.42 Å². The molecule has 2 N–H and O–H groups in total. The van der Waals surface area contributed by atoms with Crippen molar-refractivity contribution in [3.05, 3.63) is 89.6 Å². The zero-order chi connectivity index (χ0) is 16.6. The minimum Gasteiger partial charge on any atom is -0.374 e. The monoisotopic (exact) mass is 354 g/mol. The lowest BCUT2D eigenvalue weighted by atomic mass is 9.85. The van der Waals surface area contributed by atoms with Crippen LogP contribution >= 0.6 is 21.6 Å². The van der Waals surface area contributed by atoms with E-state index in [4.69, 9.17) is 0 Å². The Hall–Kier alpha value is -1.46. The summed E-state index contributed by atoms with van der Waals surface area (Å²) in [7, 11) is 2.67. The number of rotatable bonds is 3. The van der Waals surface area contributed by atoms with Gasteiger partial charge in [0, 0.05) is 17.9 Å². The fourth-order valence-corrected chi connectivity index (χ4v) is 6.17. The van der Waals surface area contributed by atoms with E-state index in [-0.39, 0.29) is 5.92 Å². The Morgan fingerprint density at radius 1 is 1.00 bits per heavy atom. The van der Waals surface area contributed by atoms with Gasteiger partial charge < -0.3 is 10.2 Å². The quantitative estimate of drug-likeness (QED) is 0.617. The van der Waals surface area contributed by atoms with E-state index in [9.17, 15) is 10.2 Å². The summed E-state index contributed by atoms with van der Waals surface area (Å²) in [5.41, 5.74) is 3.03. The molecule has 0 amide bonds. The van der Waals surface area contributed by atoms with Gasteiger partial charge in [-0.1, -0.05) is 94.5 Å². The maximum absolute atomic E-state index is 11.2. The van der Waals surface area contributed by atoms with Gasteiger partial charge in [-0.25, -0.2) is 0 Å². The molecule has 0 saturated carbocycles. The molecule has 0 heterocycles. The SMILES string of the molecule is OC1(SSC2(O)C=CC=C3C=CC=CC32)CC=Cc2ccccc21. The Labute approximate surface area is 149 Å². The molecule has 2 nitrogen and oxygen atoms in total. The summed E-state index contributed by atoms with van der Waals surface area (Å²) in [6.45, 7) is 0. The van der Waals surface area contributed by atoms with Crippen molar-refractivity contribution >= 4 is 27.7 Å². The average Bonchev–Trinajstić information content (AvgIpc) is 2.61. The number of aliphatic hydroxyl groups is 2. The topological polar surface area (TPSA) is 40.5 Å². The summed E-state index contributed by atoms with van der Waals surface area (Å²) in [6.07, 6.45) is 18.3. The summed E-state index contributed by atoms with van der Waals surface area (Å²) >= 11 is 0. The molecule has 1 aromatic rings. The summed E-state index contributed by atoms with van der Waals surface area (Å²) in [4.78, 5) is -2.10. The fraction of sp³-hybridized carbons (Fsp3) is 0.200. The molecule has 3 aliphatic carbocycles. The van der Waals surface area contributed by atoms with Gasteiger partial charge in [-0.15, -0.1) is 0 Å². The number of fused-ring (bicyclic) bond motifs is 2. The van der Waals surface area contributed by atoms with Crippen molar-refractivity contribution in [2.24, 2.45) is 5.92 Å². The molecule has 4 heteroatoms. The van der Waals surface area contributed by atoms with Crippen molar-refractivity contribution in [1.82, 2.24) is 0 Å². The lowest BCUT2D eigenvalue weighted by Crippen LogP contribution is -2.35. The number of allylic oxidation sites excluding steroid dienone is 5. The average molecular weight is 354 g/mol. The maximum Gasteiger partial charge on any atom is 0.149 e. The Morgan fingerprint density at radius 2 is 1.88 bits per heavy atom. The molecule has 0 spiro atoms. The van der Waals surface area contributed by atoms with E-state index in [1.807, 2.05) is 78.9 Å². The first-order valence-electron chi connectivity index (χ1n) is 7.93. The minimum absolute atomic E-state index is 0.0945. The predicted octanol–water partition coefficient (Wildman–Crippen LogP) is 4.56. The van der Waals surface area contributed by atoms with Gasteiger partial charge in [-0.2, -0.15) is 0 Å². The molecule has 122 valence electrons. The molecule has 0 fully saturated rings. The zero-order valence-electron chi connectivity index (χ0n) is 13.0. The normalized spacial score (nSPS) is 33.1. The Bertz CT molecular complexity index is 806. The third kappa shape index (κ3) is 2.74. The van der Waals surface area contributed by atoms with Gasteiger partial charge in [0.25, 0.3) is 0 Å². The molecular formula is C20H18O2S2. The largest absolute Gasteiger partial charge is 0.374 e. The van der Waals surface area contributed by atoms with Gasteiger partial charge in [0.15, 0.2) is 0 Å². The van der Waals surface area contributed by atoms with Gasteiger partial charge >= 0.3 is 0 Å². The third-order valence-corrected chi connectivity index (χ3v) is 7.80. The van der Waals surface area contributed by atoms with Crippen LogP contribution in [0, 0.1) is 5.92 Å². The molecule has 0 radical (unpaired) electrons. The van der Waals surface area contributed by atoms with Crippen LogP contribution in [0.5, 0.6) is 0 Å². The molecule has 0 aliphatic heterocycles. The molecule has 4 rings (SSSR count). The van der Waals surface area contributed by atoms with Crippen LogP contribution in [-0.2, 0) is 4.93 Å².